The van der Waals surface area contributed by atoms with Gasteiger partial charge in [-0.05, 0) is 61.7 Å². The van der Waals surface area contributed by atoms with E-state index in [9.17, 15) is 4.79 Å². The van der Waals surface area contributed by atoms with Gasteiger partial charge in [-0.25, -0.2) is 4.98 Å². The Bertz CT molecular complexity index is 1040. The number of ether oxygens (including phenoxy) is 2. The number of carbonyl (C=O) groups is 1. The van der Waals surface area contributed by atoms with E-state index in [1.165, 1.54) is 5.56 Å². The number of carbonyl (C=O) groups excluding carboxylic acids is 1. The fourth-order valence-electron chi connectivity index (χ4n) is 3.49. The Morgan fingerprint density at radius 1 is 1.10 bits per heavy atom. The zero-order valence-corrected chi connectivity index (χ0v) is 18.5. The van der Waals surface area contributed by atoms with Crippen molar-refractivity contribution in [1.82, 2.24) is 9.88 Å². The van der Waals surface area contributed by atoms with Gasteiger partial charge in [0.05, 0.1) is 24.9 Å². The van der Waals surface area contributed by atoms with Gasteiger partial charge in [0.25, 0.3) is 0 Å². The van der Waals surface area contributed by atoms with Crippen molar-refractivity contribution in [2.75, 3.05) is 27.8 Å². The Balaban J connectivity index is 1.95. The zero-order valence-electron chi connectivity index (χ0n) is 18.5. The lowest BCUT2D eigenvalue weighted by molar-refractivity contribution is -0.128. The van der Waals surface area contributed by atoms with Crippen molar-refractivity contribution >= 4 is 16.8 Å². The Morgan fingerprint density at radius 3 is 2.60 bits per heavy atom. The van der Waals surface area contributed by atoms with Crippen LogP contribution in [0, 0.1) is 6.92 Å². The van der Waals surface area contributed by atoms with E-state index >= 15 is 0 Å². The third kappa shape index (κ3) is 4.97. The highest BCUT2D eigenvalue weighted by Gasteiger charge is 2.11. The first-order chi connectivity index (χ1) is 14.4. The standard InChI is InChI=1S/C25H30N2O3/c1-6-30-16-20-15-19(9-11-24(20)29-5)22-13-17(2)21-10-7-18(14-23(21)26-22)8-12-25(28)27(3)4/h7,9-11,13-15H,6,8,12,16H2,1-5H3. The van der Waals surface area contributed by atoms with Crippen LogP contribution in [0.5, 0.6) is 5.75 Å². The Morgan fingerprint density at radius 2 is 1.90 bits per heavy atom. The molecule has 0 unspecified atom stereocenters. The highest BCUT2D eigenvalue weighted by atomic mass is 16.5. The number of pyridine rings is 1. The van der Waals surface area contributed by atoms with Crippen LogP contribution in [0.15, 0.2) is 42.5 Å². The number of fused-ring (bicyclic) bond motifs is 1. The molecule has 0 saturated carbocycles. The lowest BCUT2D eigenvalue weighted by Crippen LogP contribution is -2.21. The molecular weight excluding hydrogens is 376 g/mol. The van der Waals surface area contributed by atoms with E-state index in [0.717, 1.165) is 39.0 Å². The lowest BCUT2D eigenvalue weighted by atomic mass is 10.0. The van der Waals surface area contributed by atoms with Gasteiger partial charge in [-0.2, -0.15) is 0 Å². The van der Waals surface area contributed by atoms with Crippen molar-refractivity contribution in [3.05, 3.63) is 59.2 Å². The summed E-state index contributed by atoms with van der Waals surface area (Å²) in [5.41, 5.74) is 6.20. The van der Waals surface area contributed by atoms with Crippen molar-refractivity contribution in [2.24, 2.45) is 0 Å². The van der Waals surface area contributed by atoms with Crippen LogP contribution in [-0.4, -0.2) is 43.6 Å². The fraction of sp³-hybridized carbons (Fsp3) is 0.360. The number of nitrogens with zero attached hydrogens (tertiary/aromatic N) is 2. The Labute approximate surface area is 178 Å². The van der Waals surface area contributed by atoms with Crippen LogP contribution in [0.4, 0.5) is 0 Å². The summed E-state index contributed by atoms with van der Waals surface area (Å²) >= 11 is 0. The number of aryl methyl sites for hydroxylation is 2. The second kappa shape index (κ2) is 9.72. The summed E-state index contributed by atoms with van der Waals surface area (Å²) in [6.45, 7) is 5.24. The summed E-state index contributed by atoms with van der Waals surface area (Å²) in [5.74, 6) is 0.950. The topological polar surface area (TPSA) is 51.7 Å². The largest absolute Gasteiger partial charge is 0.496 e. The first kappa shape index (κ1) is 21.8. The molecule has 3 aromatic rings. The predicted octanol–water partition coefficient (Wildman–Crippen LogP) is 4.78. The number of methoxy groups -OCH3 is 1. The fourth-order valence-corrected chi connectivity index (χ4v) is 3.49. The number of rotatable bonds is 8. The van der Waals surface area contributed by atoms with Gasteiger partial charge in [0, 0.05) is 43.6 Å². The molecule has 0 fully saturated rings. The molecular formula is C25H30N2O3. The monoisotopic (exact) mass is 406 g/mol. The third-order valence-electron chi connectivity index (χ3n) is 5.25. The van der Waals surface area contributed by atoms with Crippen molar-refractivity contribution in [3.8, 4) is 17.0 Å². The van der Waals surface area contributed by atoms with E-state index in [4.69, 9.17) is 14.5 Å². The molecule has 0 aliphatic carbocycles. The van der Waals surface area contributed by atoms with Gasteiger partial charge in [0.1, 0.15) is 5.75 Å². The van der Waals surface area contributed by atoms with Crippen LogP contribution in [0.1, 0.15) is 30.0 Å². The molecule has 0 saturated heterocycles. The van der Waals surface area contributed by atoms with Crippen molar-refractivity contribution in [2.45, 2.75) is 33.3 Å². The third-order valence-corrected chi connectivity index (χ3v) is 5.25. The van der Waals surface area contributed by atoms with Gasteiger partial charge >= 0.3 is 0 Å². The van der Waals surface area contributed by atoms with Crippen LogP contribution < -0.4 is 4.74 Å². The Hall–Kier alpha value is -2.92. The normalized spacial score (nSPS) is 11.0. The molecule has 0 spiro atoms. The van der Waals surface area contributed by atoms with Crippen molar-refractivity contribution in [3.63, 3.8) is 0 Å². The molecule has 0 bridgehead atoms. The first-order valence-electron chi connectivity index (χ1n) is 10.3. The van der Waals surface area contributed by atoms with Crippen LogP contribution in [0.25, 0.3) is 22.2 Å². The molecule has 1 heterocycles. The molecule has 0 atom stereocenters. The summed E-state index contributed by atoms with van der Waals surface area (Å²) in [6.07, 6.45) is 1.20. The molecule has 5 nitrogen and oxygen atoms in total. The molecule has 5 heteroatoms. The predicted molar refractivity (Wildman–Crippen MR) is 121 cm³/mol. The van der Waals surface area contributed by atoms with Gasteiger partial charge in [-0.15, -0.1) is 0 Å². The highest BCUT2D eigenvalue weighted by molar-refractivity contribution is 5.86. The smallest absolute Gasteiger partial charge is 0.222 e. The number of amides is 1. The van der Waals surface area contributed by atoms with Crippen LogP contribution >= 0.6 is 0 Å². The maximum absolute atomic E-state index is 11.9. The molecule has 0 aliphatic rings. The minimum Gasteiger partial charge on any atom is -0.496 e. The highest BCUT2D eigenvalue weighted by Crippen LogP contribution is 2.29. The summed E-state index contributed by atoms with van der Waals surface area (Å²) in [5, 5.41) is 1.13. The van der Waals surface area contributed by atoms with Gasteiger partial charge in [-0.3, -0.25) is 4.79 Å². The lowest BCUT2D eigenvalue weighted by Gasteiger charge is -2.13. The van der Waals surface area contributed by atoms with E-state index in [2.05, 4.69) is 37.3 Å². The molecule has 0 radical (unpaired) electrons. The first-order valence-corrected chi connectivity index (χ1v) is 10.3. The van der Waals surface area contributed by atoms with Crippen LogP contribution in [-0.2, 0) is 22.6 Å². The minimum atomic E-state index is 0.132. The van der Waals surface area contributed by atoms with E-state index < -0.39 is 0 Å². The Kier molecular flexibility index (Phi) is 7.06. The van der Waals surface area contributed by atoms with Gasteiger partial charge in [0.2, 0.25) is 5.91 Å². The minimum absolute atomic E-state index is 0.132. The van der Waals surface area contributed by atoms with Crippen LogP contribution in [0.2, 0.25) is 0 Å². The summed E-state index contributed by atoms with van der Waals surface area (Å²) in [7, 11) is 5.24. The van der Waals surface area contributed by atoms with Crippen LogP contribution in [0.3, 0.4) is 0 Å². The molecule has 0 aliphatic heterocycles. The number of aromatic nitrogens is 1. The molecule has 3 rings (SSSR count). The number of benzene rings is 2. The van der Waals surface area contributed by atoms with E-state index in [-0.39, 0.29) is 5.91 Å². The van der Waals surface area contributed by atoms with E-state index in [1.807, 2.05) is 19.1 Å². The quantitative estimate of drug-likeness (QED) is 0.540. The molecule has 30 heavy (non-hydrogen) atoms. The van der Waals surface area contributed by atoms with Crippen molar-refractivity contribution < 1.29 is 14.3 Å². The average Bonchev–Trinajstić information content (AvgIpc) is 2.75. The second-order valence-corrected chi connectivity index (χ2v) is 7.63. The number of hydrogen-bond donors (Lipinski definition) is 0. The maximum atomic E-state index is 11.9. The van der Waals surface area contributed by atoms with Gasteiger partial charge in [0.15, 0.2) is 0 Å². The number of hydrogen-bond acceptors (Lipinski definition) is 4. The molecule has 0 N–H and O–H groups in total. The molecule has 1 amide bonds. The van der Waals surface area contributed by atoms with Crippen molar-refractivity contribution in [1.29, 1.82) is 0 Å². The van der Waals surface area contributed by atoms with E-state index in [1.54, 1.807) is 26.1 Å². The van der Waals surface area contributed by atoms with Gasteiger partial charge in [-0.1, -0.05) is 12.1 Å². The SMILES string of the molecule is CCOCc1cc(-c2cc(C)c3ccc(CCC(=O)N(C)C)cc3n2)ccc1OC. The summed E-state index contributed by atoms with van der Waals surface area (Å²) < 4.78 is 11.1. The zero-order chi connectivity index (χ0) is 21.7. The second-order valence-electron chi connectivity index (χ2n) is 7.63. The summed E-state index contributed by atoms with van der Waals surface area (Å²) in [4.78, 5) is 18.5. The van der Waals surface area contributed by atoms with Gasteiger partial charge < -0.3 is 14.4 Å². The average molecular weight is 407 g/mol. The molecule has 1 aromatic heterocycles. The molecule has 2 aromatic carbocycles. The summed E-state index contributed by atoms with van der Waals surface area (Å²) in [6, 6.07) is 14.5. The maximum Gasteiger partial charge on any atom is 0.222 e. The molecule has 158 valence electrons. The van der Waals surface area contributed by atoms with E-state index in [0.29, 0.717) is 26.1 Å².